The van der Waals surface area contributed by atoms with Crippen molar-refractivity contribution in [3.05, 3.63) is 64.2 Å². The minimum Gasteiger partial charge on any atom is -0.457 e. The van der Waals surface area contributed by atoms with Crippen LogP contribution in [-0.4, -0.2) is 30.8 Å². The number of nitriles is 1. The van der Waals surface area contributed by atoms with Crippen molar-refractivity contribution in [2.75, 3.05) is 13.6 Å². The fourth-order valence-corrected chi connectivity index (χ4v) is 2.47. The van der Waals surface area contributed by atoms with E-state index in [0.717, 1.165) is 34.5 Å². The number of aliphatic imine (C=N–C) groups is 1. The molecule has 0 aliphatic carbocycles. The molecule has 0 amide bonds. The van der Waals surface area contributed by atoms with E-state index in [-0.39, 0.29) is 12.6 Å². The summed E-state index contributed by atoms with van der Waals surface area (Å²) in [5.74, 6) is -0.349. The molecule has 0 saturated carbocycles. The molecule has 0 aliphatic heterocycles. The van der Waals surface area contributed by atoms with Crippen molar-refractivity contribution in [1.29, 1.82) is 5.26 Å². The first kappa shape index (κ1) is 20.2. The van der Waals surface area contributed by atoms with Crippen molar-refractivity contribution in [3.63, 3.8) is 0 Å². The lowest BCUT2D eigenvalue weighted by atomic mass is 10.0. The van der Waals surface area contributed by atoms with Crippen molar-refractivity contribution in [1.82, 2.24) is 4.90 Å². The molecule has 2 aromatic rings. The molecule has 0 unspecified atom stereocenters. The van der Waals surface area contributed by atoms with Crippen LogP contribution < -0.4 is 0 Å². The second-order valence-electron chi connectivity index (χ2n) is 6.50. The Kier molecular flexibility index (Phi) is 7.13. The molecule has 5 nitrogen and oxygen atoms in total. The normalized spacial score (nSPS) is 10.6. The van der Waals surface area contributed by atoms with Crippen LogP contribution in [0.1, 0.15) is 39.5 Å². The molecule has 0 heterocycles. The van der Waals surface area contributed by atoms with Gasteiger partial charge in [0.05, 0.1) is 30.1 Å². The molecule has 0 spiro atoms. The van der Waals surface area contributed by atoms with Crippen molar-refractivity contribution in [3.8, 4) is 6.07 Å². The third-order valence-corrected chi connectivity index (χ3v) is 4.33. The van der Waals surface area contributed by atoms with Crippen LogP contribution in [0, 0.1) is 25.2 Å². The molecule has 2 rings (SSSR count). The third-order valence-electron chi connectivity index (χ3n) is 4.33. The summed E-state index contributed by atoms with van der Waals surface area (Å²) in [5, 5.41) is 8.70. The fourth-order valence-electron chi connectivity index (χ4n) is 2.47. The van der Waals surface area contributed by atoms with E-state index in [1.807, 2.05) is 62.2 Å². The Morgan fingerprint density at radius 1 is 1.19 bits per heavy atom. The zero-order chi connectivity index (χ0) is 19.8. The standard InChI is InChI=1S/C22H25N3O2/c1-5-25(4)15-24-21-13-16(2)20(12-17(21)3)22(26)27-14-19-8-6-18(7-9-19)10-11-23/h6-9,12-13,15H,5,10,14H2,1-4H3/b24-15+. The maximum absolute atomic E-state index is 12.5. The van der Waals surface area contributed by atoms with Gasteiger partial charge in [-0.25, -0.2) is 9.79 Å². The number of benzene rings is 2. The number of esters is 1. The number of hydrogen-bond donors (Lipinski definition) is 0. The summed E-state index contributed by atoms with van der Waals surface area (Å²) in [6.07, 6.45) is 2.16. The predicted octanol–water partition coefficient (Wildman–Crippen LogP) is 4.34. The second-order valence-corrected chi connectivity index (χ2v) is 6.50. The highest BCUT2D eigenvalue weighted by molar-refractivity contribution is 5.92. The number of carbonyl (C=O) groups is 1. The van der Waals surface area contributed by atoms with Crippen LogP contribution in [0.5, 0.6) is 0 Å². The highest BCUT2D eigenvalue weighted by atomic mass is 16.5. The van der Waals surface area contributed by atoms with Gasteiger partial charge in [-0.2, -0.15) is 5.26 Å². The zero-order valence-electron chi connectivity index (χ0n) is 16.3. The molecule has 0 bridgehead atoms. The largest absolute Gasteiger partial charge is 0.457 e. The van der Waals surface area contributed by atoms with Crippen LogP contribution in [0.3, 0.4) is 0 Å². The lowest BCUT2D eigenvalue weighted by molar-refractivity contribution is 0.0472. The fraction of sp³-hybridized carbons (Fsp3) is 0.318. The minimum absolute atomic E-state index is 0.200. The van der Waals surface area contributed by atoms with E-state index in [1.54, 1.807) is 6.34 Å². The number of nitrogens with zero attached hydrogens (tertiary/aromatic N) is 3. The molecule has 0 N–H and O–H groups in total. The monoisotopic (exact) mass is 363 g/mol. The Balaban J connectivity index is 2.06. The molecule has 0 aliphatic rings. The maximum atomic E-state index is 12.5. The Labute approximate surface area is 160 Å². The van der Waals surface area contributed by atoms with E-state index < -0.39 is 0 Å². The van der Waals surface area contributed by atoms with E-state index in [9.17, 15) is 4.79 Å². The quantitative estimate of drug-likeness (QED) is 0.417. The smallest absolute Gasteiger partial charge is 0.338 e. The Morgan fingerprint density at radius 2 is 1.85 bits per heavy atom. The van der Waals surface area contributed by atoms with Gasteiger partial charge in [0.2, 0.25) is 0 Å². The summed E-state index contributed by atoms with van der Waals surface area (Å²) in [6, 6.07) is 13.3. The van der Waals surface area contributed by atoms with Crippen LogP contribution >= 0.6 is 0 Å². The molecule has 0 atom stereocenters. The molecular formula is C22H25N3O2. The summed E-state index contributed by atoms with van der Waals surface area (Å²) >= 11 is 0. The van der Waals surface area contributed by atoms with Gasteiger partial charge in [0, 0.05) is 13.6 Å². The van der Waals surface area contributed by atoms with Gasteiger partial charge in [-0.1, -0.05) is 24.3 Å². The van der Waals surface area contributed by atoms with Gasteiger partial charge in [-0.15, -0.1) is 0 Å². The van der Waals surface area contributed by atoms with E-state index in [2.05, 4.69) is 18.0 Å². The predicted molar refractivity (Wildman–Crippen MR) is 107 cm³/mol. The minimum atomic E-state index is -0.349. The van der Waals surface area contributed by atoms with Crippen LogP contribution in [0.2, 0.25) is 0 Å². The lowest BCUT2D eigenvalue weighted by Crippen LogP contribution is -2.14. The first-order chi connectivity index (χ1) is 12.9. The Hall–Kier alpha value is -3.13. The average Bonchev–Trinajstić information content (AvgIpc) is 2.67. The summed E-state index contributed by atoms with van der Waals surface area (Å²) in [5.41, 5.74) is 5.00. The molecule has 140 valence electrons. The third kappa shape index (κ3) is 5.68. The van der Waals surface area contributed by atoms with Crippen LogP contribution in [-0.2, 0) is 17.8 Å². The van der Waals surface area contributed by atoms with Gasteiger partial charge in [0.15, 0.2) is 0 Å². The number of ether oxygens (including phenoxy) is 1. The highest BCUT2D eigenvalue weighted by Crippen LogP contribution is 2.24. The Bertz CT molecular complexity index is 864. The van der Waals surface area contributed by atoms with Crippen molar-refractivity contribution in [2.45, 2.75) is 33.8 Å². The summed E-state index contributed by atoms with van der Waals surface area (Å²) < 4.78 is 5.45. The van der Waals surface area contributed by atoms with Gasteiger partial charge in [0.25, 0.3) is 0 Å². The number of rotatable bonds is 7. The SMILES string of the molecule is CCN(C)/C=N/c1cc(C)c(C(=O)OCc2ccc(CC#N)cc2)cc1C. The number of aryl methyl sites for hydroxylation is 2. The topological polar surface area (TPSA) is 65.7 Å². The summed E-state index contributed by atoms with van der Waals surface area (Å²) in [4.78, 5) is 18.9. The number of carbonyl (C=O) groups excluding carboxylic acids is 1. The molecule has 0 aromatic heterocycles. The summed E-state index contributed by atoms with van der Waals surface area (Å²) in [6.45, 7) is 6.95. The molecular weight excluding hydrogens is 338 g/mol. The van der Waals surface area contributed by atoms with Crippen molar-refractivity contribution < 1.29 is 9.53 Å². The first-order valence-electron chi connectivity index (χ1n) is 8.92. The van der Waals surface area contributed by atoms with E-state index in [1.165, 1.54) is 0 Å². The van der Waals surface area contributed by atoms with Crippen LogP contribution in [0.15, 0.2) is 41.4 Å². The number of hydrogen-bond acceptors (Lipinski definition) is 4. The van der Waals surface area contributed by atoms with E-state index in [0.29, 0.717) is 12.0 Å². The zero-order valence-corrected chi connectivity index (χ0v) is 16.3. The second kappa shape index (κ2) is 9.54. The molecule has 0 saturated heterocycles. The van der Waals surface area contributed by atoms with E-state index >= 15 is 0 Å². The molecule has 27 heavy (non-hydrogen) atoms. The van der Waals surface area contributed by atoms with Gasteiger partial charge >= 0.3 is 5.97 Å². The van der Waals surface area contributed by atoms with Crippen LogP contribution in [0.4, 0.5) is 5.69 Å². The van der Waals surface area contributed by atoms with Gasteiger partial charge < -0.3 is 9.64 Å². The highest BCUT2D eigenvalue weighted by Gasteiger charge is 2.13. The van der Waals surface area contributed by atoms with E-state index in [4.69, 9.17) is 10.00 Å². The average molecular weight is 363 g/mol. The Morgan fingerprint density at radius 3 is 2.48 bits per heavy atom. The van der Waals surface area contributed by atoms with Gasteiger partial charge in [-0.3, -0.25) is 0 Å². The molecule has 0 radical (unpaired) electrons. The molecule has 5 heteroatoms. The van der Waals surface area contributed by atoms with Crippen LogP contribution in [0.25, 0.3) is 0 Å². The first-order valence-corrected chi connectivity index (χ1v) is 8.92. The lowest BCUT2D eigenvalue weighted by Gasteiger charge is -2.12. The molecule has 2 aromatic carbocycles. The molecule has 0 fully saturated rings. The van der Waals surface area contributed by atoms with Gasteiger partial charge in [0.1, 0.15) is 6.61 Å². The van der Waals surface area contributed by atoms with Crippen molar-refractivity contribution in [2.24, 2.45) is 4.99 Å². The maximum Gasteiger partial charge on any atom is 0.338 e. The van der Waals surface area contributed by atoms with Crippen molar-refractivity contribution >= 4 is 18.0 Å². The summed E-state index contributed by atoms with van der Waals surface area (Å²) in [7, 11) is 1.96. The van der Waals surface area contributed by atoms with Gasteiger partial charge in [-0.05, 0) is 55.2 Å².